The Bertz CT molecular complexity index is 641. The number of hydrogen-bond acceptors (Lipinski definition) is 5. The van der Waals surface area contributed by atoms with Crippen molar-refractivity contribution >= 4 is 28.2 Å². The smallest absolute Gasteiger partial charge is 0.313 e. The number of carbonyl (C=O) groups excluding carboxylic acids is 2. The maximum absolute atomic E-state index is 12.3. The third kappa shape index (κ3) is 3.40. The average molecular weight is 334 g/mol. The Morgan fingerprint density at radius 1 is 1.43 bits per heavy atom. The van der Waals surface area contributed by atoms with Crippen molar-refractivity contribution in [2.24, 2.45) is 5.92 Å². The molecule has 0 saturated heterocycles. The lowest BCUT2D eigenvalue weighted by Crippen LogP contribution is -2.21. The SMILES string of the molecule is CCC(CC)C(=O)Nc1sc2c(c1C#N)CCCC2C(=O)OC. The minimum atomic E-state index is -0.320. The fourth-order valence-electron chi connectivity index (χ4n) is 3.07. The number of nitrogens with one attached hydrogen (secondary N) is 1. The molecule has 0 spiro atoms. The Balaban J connectivity index is 2.36. The van der Waals surface area contributed by atoms with E-state index in [4.69, 9.17) is 4.74 Å². The first kappa shape index (κ1) is 17.5. The van der Waals surface area contributed by atoms with Crippen LogP contribution in [0.4, 0.5) is 5.00 Å². The van der Waals surface area contributed by atoms with Gasteiger partial charge in [0.15, 0.2) is 0 Å². The van der Waals surface area contributed by atoms with E-state index in [0.29, 0.717) is 10.6 Å². The van der Waals surface area contributed by atoms with Gasteiger partial charge in [-0.1, -0.05) is 13.8 Å². The van der Waals surface area contributed by atoms with E-state index in [9.17, 15) is 14.9 Å². The van der Waals surface area contributed by atoms with Gasteiger partial charge in [-0.05, 0) is 37.7 Å². The van der Waals surface area contributed by atoms with Gasteiger partial charge in [-0.2, -0.15) is 5.26 Å². The van der Waals surface area contributed by atoms with Gasteiger partial charge >= 0.3 is 5.97 Å². The Morgan fingerprint density at radius 2 is 2.13 bits per heavy atom. The molecule has 1 aromatic rings. The minimum absolute atomic E-state index is 0.0558. The van der Waals surface area contributed by atoms with Gasteiger partial charge in [-0.15, -0.1) is 11.3 Å². The van der Waals surface area contributed by atoms with E-state index in [0.717, 1.165) is 42.5 Å². The van der Waals surface area contributed by atoms with Crippen LogP contribution in [0, 0.1) is 17.2 Å². The van der Waals surface area contributed by atoms with Crippen molar-refractivity contribution in [3.63, 3.8) is 0 Å². The number of nitrogens with zero attached hydrogens (tertiary/aromatic N) is 1. The lowest BCUT2D eigenvalue weighted by Gasteiger charge is -2.19. The molecule has 0 aliphatic heterocycles. The summed E-state index contributed by atoms with van der Waals surface area (Å²) in [6, 6.07) is 2.21. The average Bonchev–Trinajstić information content (AvgIpc) is 2.92. The molecule has 1 aliphatic carbocycles. The maximum atomic E-state index is 12.3. The Morgan fingerprint density at radius 3 is 2.70 bits per heavy atom. The van der Waals surface area contributed by atoms with Gasteiger partial charge in [-0.3, -0.25) is 9.59 Å². The van der Waals surface area contributed by atoms with E-state index in [1.54, 1.807) is 0 Å². The summed E-state index contributed by atoms with van der Waals surface area (Å²) in [5.74, 6) is -0.703. The molecule has 1 aliphatic rings. The number of fused-ring (bicyclic) bond motifs is 1. The van der Waals surface area contributed by atoms with Gasteiger partial charge in [0.1, 0.15) is 11.1 Å². The van der Waals surface area contributed by atoms with Crippen LogP contribution in [0.1, 0.15) is 61.5 Å². The highest BCUT2D eigenvalue weighted by molar-refractivity contribution is 7.17. The molecule has 124 valence electrons. The predicted octanol–water partition coefficient (Wildman–Crippen LogP) is 3.59. The monoisotopic (exact) mass is 334 g/mol. The molecule has 1 heterocycles. The molecule has 0 fully saturated rings. The molecule has 5 nitrogen and oxygen atoms in total. The molecule has 23 heavy (non-hydrogen) atoms. The van der Waals surface area contributed by atoms with Crippen LogP contribution in [0.15, 0.2) is 0 Å². The van der Waals surface area contributed by atoms with Crippen molar-refractivity contribution in [3.05, 3.63) is 16.0 Å². The molecule has 1 unspecified atom stereocenters. The first-order valence-corrected chi connectivity index (χ1v) is 8.83. The highest BCUT2D eigenvalue weighted by Crippen LogP contribution is 2.43. The number of rotatable bonds is 5. The maximum Gasteiger partial charge on any atom is 0.313 e. The van der Waals surface area contributed by atoms with E-state index in [2.05, 4.69) is 11.4 Å². The van der Waals surface area contributed by atoms with E-state index in [-0.39, 0.29) is 23.7 Å². The Kier molecular flexibility index (Phi) is 5.78. The second-order valence-corrected chi connectivity index (χ2v) is 6.78. The van der Waals surface area contributed by atoms with Gasteiger partial charge in [0.25, 0.3) is 0 Å². The lowest BCUT2D eigenvalue weighted by molar-refractivity contribution is -0.142. The predicted molar refractivity (Wildman–Crippen MR) is 89.4 cm³/mol. The van der Waals surface area contributed by atoms with Gasteiger partial charge in [-0.25, -0.2) is 0 Å². The van der Waals surface area contributed by atoms with Gasteiger partial charge in [0.2, 0.25) is 5.91 Å². The summed E-state index contributed by atoms with van der Waals surface area (Å²) in [4.78, 5) is 25.2. The van der Waals surface area contributed by atoms with Crippen LogP contribution in [-0.2, 0) is 20.7 Å². The van der Waals surface area contributed by atoms with Crippen LogP contribution in [0.25, 0.3) is 0 Å². The summed E-state index contributed by atoms with van der Waals surface area (Å²) in [5.41, 5.74) is 1.41. The van der Waals surface area contributed by atoms with Gasteiger partial charge in [0.05, 0.1) is 18.6 Å². The van der Waals surface area contributed by atoms with Crippen LogP contribution in [0.3, 0.4) is 0 Å². The number of nitriles is 1. The van der Waals surface area contributed by atoms with Crippen LogP contribution < -0.4 is 5.32 Å². The summed E-state index contributed by atoms with van der Waals surface area (Å²) in [5, 5.41) is 13.0. The molecule has 0 radical (unpaired) electrons. The highest BCUT2D eigenvalue weighted by atomic mass is 32.1. The molecule has 6 heteroatoms. The van der Waals surface area contributed by atoms with Crippen molar-refractivity contribution in [1.82, 2.24) is 0 Å². The number of carbonyl (C=O) groups is 2. The van der Waals surface area contributed by atoms with Crippen LogP contribution in [-0.4, -0.2) is 19.0 Å². The van der Waals surface area contributed by atoms with Crippen LogP contribution in [0.2, 0.25) is 0 Å². The lowest BCUT2D eigenvalue weighted by atomic mass is 9.87. The number of esters is 1. The van der Waals surface area contributed by atoms with E-state index >= 15 is 0 Å². The third-order valence-electron chi connectivity index (χ3n) is 4.46. The van der Waals surface area contributed by atoms with E-state index in [1.807, 2.05) is 13.8 Å². The number of hydrogen-bond donors (Lipinski definition) is 1. The standard InChI is InChI=1S/C17H22N2O3S/c1-4-10(5-2)15(20)19-16-13(9-18)11-7-6-8-12(14(11)23-16)17(21)22-3/h10,12H,4-8H2,1-3H3,(H,19,20). The topological polar surface area (TPSA) is 79.2 Å². The summed E-state index contributed by atoms with van der Waals surface area (Å²) < 4.78 is 4.88. The third-order valence-corrected chi connectivity index (χ3v) is 5.73. The Hall–Kier alpha value is -1.87. The highest BCUT2D eigenvalue weighted by Gasteiger charge is 2.33. The summed E-state index contributed by atoms with van der Waals surface area (Å²) >= 11 is 1.35. The zero-order chi connectivity index (χ0) is 17.0. The molecule has 1 N–H and O–H groups in total. The number of ether oxygens (including phenoxy) is 1. The van der Waals surface area contributed by atoms with Crippen molar-refractivity contribution in [2.75, 3.05) is 12.4 Å². The summed E-state index contributed by atoms with van der Waals surface area (Å²) in [7, 11) is 1.38. The normalized spacial score (nSPS) is 16.6. The molecular weight excluding hydrogens is 312 g/mol. The number of amides is 1. The summed E-state index contributed by atoms with van der Waals surface area (Å²) in [6.45, 7) is 3.96. The Labute approximate surface area is 140 Å². The second-order valence-electron chi connectivity index (χ2n) is 5.73. The van der Waals surface area contributed by atoms with Crippen molar-refractivity contribution in [2.45, 2.75) is 51.9 Å². The van der Waals surface area contributed by atoms with Crippen molar-refractivity contribution < 1.29 is 14.3 Å². The molecule has 0 saturated carbocycles. The fraction of sp³-hybridized carbons (Fsp3) is 0.588. The second kappa shape index (κ2) is 7.60. The number of methoxy groups -OCH3 is 1. The minimum Gasteiger partial charge on any atom is -0.469 e. The molecule has 0 bridgehead atoms. The van der Waals surface area contributed by atoms with Crippen molar-refractivity contribution in [3.8, 4) is 6.07 Å². The van der Waals surface area contributed by atoms with Gasteiger partial charge < -0.3 is 10.1 Å². The molecule has 2 rings (SSSR count). The molecule has 1 aromatic heterocycles. The first-order chi connectivity index (χ1) is 11.1. The fourth-order valence-corrected chi connectivity index (χ4v) is 4.40. The number of anilines is 1. The number of thiophene rings is 1. The molecule has 0 aromatic carbocycles. The first-order valence-electron chi connectivity index (χ1n) is 8.01. The van der Waals surface area contributed by atoms with Crippen LogP contribution >= 0.6 is 11.3 Å². The van der Waals surface area contributed by atoms with Crippen LogP contribution in [0.5, 0.6) is 0 Å². The zero-order valence-corrected chi connectivity index (χ0v) is 14.6. The molecule has 1 amide bonds. The van der Waals surface area contributed by atoms with E-state index < -0.39 is 0 Å². The van der Waals surface area contributed by atoms with Gasteiger partial charge in [0, 0.05) is 10.8 Å². The largest absolute Gasteiger partial charge is 0.469 e. The quantitative estimate of drug-likeness (QED) is 0.835. The van der Waals surface area contributed by atoms with Crippen molar-refractivity contribution in [1.29, 1.82) is 5.26 Å². The zero-order valence-electron chi connectivity index (χ0n) is 13.8. The molecule has 1 atom stereocenters. The van der Waals surface area contributed by atoms with E-state index in [1.165, 1.54) is 18.4 Å². The molecular formula is C17H22N2O3S. The summed E-state index contributed by atoms with van der Waals surface area (Å²) in [6.07, 6.45) is 3.87.